The van der Waals surface area contributed by atoms with E-state index in [4.69, 9.17) is 5.73 Å². The summed E-state index contributed by atoms with van der Waals surface area (Å²) >= 11 is 0. The molecule has 1 aliphatic rings. The first-order valence-corrected chi connectivity index (χ1v) is 7.30. The van der Waals surface area contributed by atoms with E-state index >= 15 is 0 Å². The van der Waals surface area contributed by atoms with Gasteiger partial charge in [0.25, 0.3) is 0 Å². The molecule has 4 N–H and O–H groups in total. The monoisotopic (exact) mass is 290 g/mol. The van der Waals surface area contributed by atoms with Gasteiger partial charge in [-0.05, 0) is 31.7 Å². The SMILES string of the molecule is CC(NC(=O)C1CCCC(N)C1)(C(=O)O)c1ccccc1. The molecule has 2 rings (SSSR count). The summed E-state index contributed by atoms with van der Waals surface area (Å²) in [6.07, 6.45) is 3.23. The number of nitrogens with two attached hydrogens (primary N) is 1. The van der Waals surface area contributed by atoms with Gasteiger partial charge in [-0.1, -0.05) is 36.8 Å². The molecule has 1 aromatic carbocycles. The average Bonchev–Trinajstić information content (AvgIpc) is 2.47. The predicted molar refractivity (Wildman–Crippen MR) is 79.5 cm³/mol. The van der Waals surface area contributed by atoms with Crippen molar-refractivity contribution in [3.8, 4) is 0 Å². The van der Waals surface area contributed by atoms with E-state index in [1.807, 2.05) is 6.07 Å². The molecule has 5 nitrogen and oxygen atoms in total. The van der Waals surface area contributed by atoms with Gasteiger partial charge < -0.3 is 16.2 Å². The number of amides is 1. The van der Waals surface area contributed by atoms with Crippen LogP contribution in [0.5, 0.6) is 0 Å². The van der Waals surface area contributed by atoms with E-state index in [1.54, 1.807) is 24.3 Å². The highest BCUT2D eigenvalue weighted by Crippen LogP contribution is 2.26. The van der Waals surface area contributed by atoms with Crippen LogP contribution in [-0.2, 0) is 15.1 Å². The lowest BCUT2D eigenvalue weighted by atomic mass is 9.84. The molecular weight excluding hydrogens is 268 g/mol. The Bertz CT molecular complexity index is 518. The van der Waals surface area contributed by atoms with Gasteiger partial charge in [0.05, 0.1) is 0 Å². The zero-order chi connectivity index (χ0) is 15.5. The highest BCUT2D eigenvalue weighted by atomic mass is 16.4. The third kappa shape index (κ3) is 3.42. The first-order chi connectivity index (χ1) is 9.93. The minimum absolute atomic E-state index is 0.0299. The van der Waals surface area contributed by atoms with Crippen molar-refractivity contribution in [2.45, 2.75) is 44.2 Å². The Balaban J connectivity index is 2.17. The van der Waals surface area contributed by atoms with Crippen LogP contribution in [0.2, 0.25) is 0 Å². The minimum Gasteiger partial charge on any atom is -0.479 e. The summed E-state index contributed by atoms with van der Waals surface area (Å²) in [5.74, 6) is -1.49. The second kappa shape index (κ2) is 6.26. The average molecular weight is 290 g/mol. The number of carbonyl (C=O) groups is 2. The number of carboxylic acid groups (broad SMARTS) is 1. The number of hydrogen-bond acceptors (Lipinski definition) is 3. The Morgan fingerprint density at radius 3 is 2.52 bits per heavy atom. The molecule has 5 heteroatoms. The third-order valence-electron chi connectivity index (χ3n) is 4.24. The van der Waals surface area contributed by atoms with Gasteiger partial charge in [-0.3, -0.25) is 4.79 Å². The molecule has 21 heavy (non-hydrogen) atoms. The van der Waals surface area contributed by atoms with Crippen LogP contribution in [0.1, 0.15) is 38.2 Å². The number of carboxylic acids is 1. The quantitative estimate of drug-likeness (QED) is 0.785. The molecule has 0 spiro atoms. The van der Waals surface area contributed by atoms with Gasteiger partial charge in [0, 0.05) is 12.0 Å². The lowest BCUT2D eigenvalue weighted by Crippen LogP contribution is -2.52. The van der Waals surface area contributed by atoms with Crippen LogP contribution in [0, 0.1) is 5.92 Å². The van der Waals surface area contributed by atoms with Crippen molar-refractivity contribution in [3.05, 3.63) is 35.9 Å². The maximum Gasteiger partial charge on any atom is 0.333 e. The molecule has 3 unspecified atom stereocenters. The molecule has 1 fully saturated rings. The fourth-order valence-electron chi connectivity index (χ4n) is 2.83. The van der Waals surface area contributed by atoms with Gasteiger partial charge in [-0.2, -0.15) is 0 Å². The van der Waals surface area contributed by atoms with Crippen LogP contribution in [0.4, 0.5) is 0 Å². The first kappa shape index (κ1) is 15.5. The molecule has 0 aromatic heterocycles. The zero-order valence-electron chi connectivity index (χ0n) is 12.2. The van der Waals surface area contributed by atoms with E-state index in [0.29, 0.717) is 12.0 Å². The van der Waals surface area contributed by atoms with Gasteiger partial charge in [-0.25, -0.2) is 4.79 Å². The normalized spacial score (nSPS) is 24.9. The molecule has 3 atom stereocenters. The molecule has 1 amide bonds. The zero-order valence-corrected chi connectivity index (χ0v) is 12.2. The number of hydrogen-bond donors (Lipinski definition) is 3. The molecule has 1 aromatic rings. The van der Waals surface area contributed by atoms with E-state index < -0.39 is 11.5 Å². The summed E-state index contributed by atoms with van der Waals surface area (Å²) in [6.45, 7) is 1.52. The van der Waals surface area contributed by atoms with Crippen molar-refractivity contribution in [2.24, 2.45) is 11.7 Å². The Labute approximate surface area is 124 Å². The second-order valence-electron chi connectivity index (χ2n) is 5.91. The molecular formula is C16H22N2O3. The van der Waals surface area contributed by atoms with E-state index in [-0.39, 0.29) is 17.9 Å². The standard InChI is InChI=1S/C16H22N2O3/c1-16(15(20)21,12-7-3-2-4-8-12)18-14(19)11-6-5-9-13(17)10-11/h2-4,7-8,11,13H,5-6,9-10,17H2,1H3,(H,18,19)(H,20,21). The minimum atomic E-state index is -1.42. The maximum atomic E-state index is 12.4. The number of nitrogens with one attached hydrogen (secondary N) is 1. The predicted octanol–water partition coefficient (Wildman–Crippen LogP) is 1.62. The van der Waals surface area contributed by atoms with Crippen LogP contribution in [0.15, 0.2) is 30.3 Å². The van der Waals surface area contributed by atoms with Gasteiger partial charge in [-0.15, -0.1) is 0 Å². The largest absolute Gasteiger partial charge is 0.479 e. The molecule has 114 valence electrons. The number of rotatable bonds is 4. The van der Waals surface area contributed by atoms with E-state index in [0.717, 1.165) is 19.3 Å². The summed E-state index contributed by atoms with van der Waals surface area (Å²) in [5.41, 5.74) is 5.05. The second-order valence-corrected chi connectivity index (χ2v) is 5.91. The van der Waals surface area contributed by atoms with Crippen molar-refractivity contribution in [1.82, 2.24) is 5.32 Å². The fraction of sp³-hybridized carbons (Fsp3) is 0.500. The maximum absolute atomic E-state index is 12.4. The van der Waals surface area contributed by atoms with Crippen molar-refractivity contribution < 1.29 is 14.7 Å². The van der Waals surface area contributed by atoms with Crippen molar-refractivity contribution in [1.29, 1.82) is 0 Å². The smallest absolute Gasteiger partial charge is 0.333 e. The van der Waals surface area contributed by atoms with Gasteiger partial charge >= 0.3 is 5.97 Å². The fourth-order valence-corrected chi connectivity index (χ4v) is 2.83. The molecule has 0 radical (unpaired) electrons. The number of aliphatic carboxylic acids is 1. The Morgan fingerprint density at radius 2 is 1.95 bits per heavy atom. The highest BCUT2D eigenvalue weighted by Gasteiger charge is 2.39. The van der Waals surface area contributed by atoms with Crippen LogP contribution < -0.4 is 11.1 Å². The van der Waals surface area contributed by atoms with Crippen molar-refractivity contribution in [3.63, 3.8) is 0 Å². The number of carbonyl (C=O) groups excluding carboxylic acids is 1. The summed E-state index contributed by atoms with van der Waals surface area (Å²) in [7, 11) is 0. The van der Waals surface area contributed by atoms with Crippen LogP contribution in [0.3, 0.4) is 0 Å². The van der Waals surface area contributed by atoms with Crippen LogP contribution in [0.25, 0.3) is 0 Å². The summed E-state index contributed by atoms with van der Waals surface area (Å²) in [5, 5.41) is 12.3. The van der Waals surface area contributed by atoms with E-state index in [1.165, 1.54) is 6.92 Å². The van der Waals surface area contributed by atoms with E-state index in [2.05, 4.69) is 5.32 Å². The van der Waals surface area contributed by atoms with Crippen LogP contribution >= 0.6 is 0 Å². The highest BCUT2D eigenvalue weighted by molar-refractivity contribution is 5.88. The molecule has 0 aliphatic heterocycles. The topological polar surface area (TPSA) is 92.4 Å². The number of benzene rings is 1. The summed E-state index contributed by atoms with van der Waals surface area (Å²) in [6, 6.07) is 8.79. The summed E-state index contributed by atoms with van der Waals surface area (Å²) < 4.78 is 0. The van der Waals surface area contributed by atoms with E-state index in [9.17, 15) is 14.7 Å². The summed E-state index contributed by atoms with van der Waals surface area (Å²) in [4.78, 5) is 24.1. The van der Waals surface area contributed by atoms with Crippen molar-refractivity contribution >= 4 is 11.9 Å². The molecule has 1 saturated carbocycles. The van der Waals surface area contributed by atoms with Gasteiger partial charge in [0.1, 0.15) is 0 Å². The molecule has 0 heterocycles. The van der Waals surface area contributed by atoms with Crippen molar-refractivity contribution in [2.75, 3.05) is 0 Å². The van der Waals surface area contributed by atoms with Crippen LogP contribution in [-0.4, -0.2) is 23.0 Å². The lowest BCUT2D eigenvalue weighted by Gasteiger charge is -2.31. The first-order valence-electron chi connectivity index (χ1n) is 7.30. The third-order valence-corrected chi connectivity index (χ3v) is 4.24. The molecule has 1 aliphatic carbocycles. The van der Waals surface area contributed by atoms with Gasteiger partial charge in [0.2, 0.25) is 5.91 Å². The Hall–Kier alpha value is -1.88. The molecule has 0 bridgehead atoms. The Kier molecular flexibility index (Phi) is 4.63. The Morgan fingerprint density at radius 1 is 1.29 bits per heavy atom. The lowest BCUT2D eigenvalue weighted by molar-refractivity contribution is -0.148. The van der Waals surface area contributed by atoms with Gasteiger partial charge in [0.15, 0.2) is 5.54 Å². The molecule has 0 saturated heterocycles.